The summed E-state index contributed by atoms with van der Waals surface area (Å²) >= 11 is 0. The second-order valence-electron chi connectivity index (χ2n) is 7.57. The fourth-order valence-corrected chi connectivity index (χ4v) is 3.97. The number of unbranched alkanes of at least 4 members (excludes halogenated alkanes) is 2. The molecular formula is C23H30N2O. The van der Waals surface area contributed by atoms with Crippen LogP contribution in [0.25, 0.3) is 0 Å². The number of hydrogen-bond donors (Lipinski definition) is 1. The maximum atomic E-state index is 6.31. The van der Waals surface area contributed by atoms with Gasteiger partial charge in [0.15, 0.2) is 0 Å². The summed E-state index contributed by atoms with van der Waals surface area (Å²) in [6.45, 7) is 5.60. The zero-order valence-electron chi connectivity index (χ0n) is 15.9. The lowest BCUT2D eigenvalue weighted by Gasteiger charge is -2.30. The normalized spacial score (nSPS) is 15.8. The summed E-state index contributed by atoms with van der Waals surface area (Å²) in [7, 11) is 0. The molecule has 1 fully saturated rings. The first-order valence-electron chi connectivity index (χ1n) is 10.3. The van der Waals surface area contributed by atoms with Crippen LogP contribution in [-0.4, -0.2) is 19.6 Å². The van der Waals surface area contributed by atoms with Crippen molar-refractivity contribution < 1.29 is 4.74 Å². The smallest absolute Gasteiger partial charge is 0.133 e. The molecule has 0 unspecified atom stereocenters. The van der Waals surface area contributed by atoms with Gasteiger partial charge in [-0.1, -0.05) is 31.9 Å². The number of benzene rings is 2. The minimum absolute atomic E-state index is 0.959. The Kier molecular flexibility index (Phi) is 5.33. The van der Waals surface area contributed by atoms with Crippen LogP contribution < -0.4 is 15.0 Å². The molecule has 0 atom stereocenters. The number of nitrogens with one attached hydrogen (secondary N) is 1. The van der Waals surface area contributed by atoms with Crippen molar-refractivity contribution >= 4 is 11.4 Å². The van der Waals surface area contributed by atoms with E-state index < -0.39 is 0 Å². The Morgan fingerprint density at radius 1 is 0.923 bits per heavy atom. The van der Waals surface area contributed by atoms with Crippen molar-refractivity contribution in [2.45, 2.75) is 51.9 Å². The van der Waals surface area contributed by atoms with E-state index in [9.17, 15) is 0 Å². The van der Waals surface area contributed by atoms with E-state index in [2.05, 4.69) is 53.5 Å². The van der Waals surface area contributed by atoms with Gasteiger partial charge in [-0.2, -0.15) is 0 Å². The zero-order valence-corrected chi connectivity index (χ0v) is 15.9. The molecule has 3 heteroatoms. The van der Waals surface area contributed by atoms with E-state index in [1.54, 1.807) is 0 Å². The van der Waals surface area contributed by atoms with E-state index in [1.807, 2.05) is 0 Å². The number of fused-ring (bicyclic) bond motifs is 2. The largest absolute Gasteiger partial charge is 0.457 e. The first kappa shape index (κ1) is 17.3. The van der Waals surface area contributed by atoms with Gasteiger partial charge in [-0.05, 0) is 48.9 Å². The lowest BCUT2D eigenvalue weighted by molar-refractivity contribution is 0.460. The summed E-state index contributed by atoms with van der Waals surface area (Å²) in [4.78, 5) is 2.49. The standard InChI is InChI=1S/C23H30N2O/c1-2-3-5-12-24-20-10-8-18-15-19-9-11-21(25-13-6-4-7-14-25)17-23(19)26-22(18)16-20/h8-11,16-17,24H,2-7,12-15H2,1H3. The molecule has 0 amide bonds. The van der Waals surface area contributed by atoms with Crippen molar-refractivity contribution in [3.8, 4) is 11.5 Å². The number of ether oxygens (including phenoxy) is 1. The van der Waals surface area contributed by atoms with Crippen molar-refractivity contribution in [1.29, 1.82) is 0 Å². The van der Waals surface area contributed by atoms with Crippen molar-refractivity contribution in [3.63, 3.8) is 0 Å². The zero-order chi connectivity index (χ0) is 17.8. The Balaban J connectivity index is 1.48. The first-order valence-corrected chi connectivity index (χ1v) is 10.3. The molecule has 2 aliphatic rings. The fraction of sp³-hybridized carbons (Fsp3) is 0.478. The molecule has 1 saturated heterocycles. The van der Waals surface area contributed by atoms with Gasteiger partial charge in [0.2, 0.25) is 0 Å². The SMILES string of the molecule is CCCCCNc1ccc2c(c1)Oc1cc(N3CCCCC3)ccc1C2. The lowest BCUT2D eigenvalue weighted by Crippen LogP contribution is -2.29. The van der Waals surface area contributed by atoms with Crippen molar-refractivity contribution in [1.82, 2.24) is 0 Å². The van der Waals surface area contributed by atoms with Gasteiger partial charge in [0, 0.05) is 49.6 Å². The molecule has 138 valence electrons. The minimum Gasteiger partial charge on any atom is -0.457 e. The summed E-state index contributed by atoms with van der Waals surface area (Å²) in [5.74, 6) is 2.04. The van der Waals surface area contributed by atoms with Crippen molar-refractivity contribution in [2.24, 2.45) is 0 Å². The molecule has 0 aliphatic carbocycles. The van der Waals surface area contributed by atoms with Gasteiger partial charge >= 0.3 is 0 Å². The van der Waals surface area contributed by atoms with E-state index in [0.29, 0.717) is 0 Å². The quantitative estimate of drug-likeness (QED) is 0.554. The minimum atomic E-state index is 0.959. The fourth-order valence-electron chi connectivity index (χ4n) is 3.97. The van der Waals surface area contributed by atoms with Crippen LogP contribution in [0.2, 0.25) is 0 Å². The summed E-state index contributed by atoms with van der Waals surface area (Å²) < 4.78 is 6.31. The Labute approximate surface area is 157 Å². The molecule has 0 spiro atoms. The number of piperidine rings is 1. The highest BCUT2D eigenvalue weighted by atomic mass is 16.5. The highest BCUT2D eigenvalue weighted by Gasteiger charge is 2.19. The predicted molar refractivity (Wildman–Crippen MR) is 110 cm³/mol. The second kappa shape index (κ2) is 8.03. The monoisotopic (exact) mass is 350 g/mol. The predicted octanol–water partition coefficient (Wildman–Crippen LogP) is 5.98. The van der Waals surface area contributed by atoms with Crippen LogP contribution in [0, 0.1) is 0 Å². The number of rotatable bonds is 6. The molecular weight excluding hydrogens is 320 g/mol. The number of nitrogens with zero attached hydrogens (tertiary/aromatic N) is 1. The molecule has 0 radical (unpaired) electrons. The molecule has 0 aromatic heterocycles. The molecule has 1 N–H and O–H groups in total. The molecule has 26 heavy (non-hydrogen) atoms. The highest BCUT2D eigenvalue weighted by molar-refractivity contribution is 5.61. The molecule has 0 bridgehead atoms. The number of hydrogen-bond acceptors (Lipinski definition) is 3. The van der Waals surface area contributed by atoms with Gasteiger partial charge in [-0.3, -0.25) is 0 Å². The van der Waals surface area contributed by atoms with Crippen LogP contribution in [0.15, 0.2) is 36.4 Å². The third-order valence-corrected chi connectivity index (χ3v) is 5.55. The molecule has 2 aliphatic heterocycles. The number of anilines is 2. The van der Waals surface area contributed by atoms with Crippen LogP contribution in [0.1, 0.15) is 56.6 Å². The summed E-state index contributed by atoms with van der Waals surface area (Å²) in [5.41, 5.74) is 5.04. The highest BCUT2D eigenvalue weighted by Crippen LogP contribution is 2.40. The van der Waals surface area contributed by atoms with Crippen LogP contribution in [0.5, 0.6) is 11.5 Å². The average Bonchev–Trinajstić information content (AvgIpc) is 2.70. The van der Waals surface area contributed by atoms with Crippen molar-refractivity contribution in [2.75, 3.05) is 29.9 Å². The van der Waals surface area contributed by atoms with Crippen LogP contribution in [0.4, 0.5) is 11.4 Å². The molecule has 2 aromatic rings. The van der Waals surface area contributed by atoms with E-state index in [-0.39, 0.29) is 0 Å². The Bertz CT molecular complexity index is 750. The topological polar surface area (TPSA) is 24.5 Å². The third-order valence-electron chi connectivity index (χ3n) is 5.55. The van der Waals surface area contributed by atoms with E-state index >= 15 is 0 Å². The molecule has 2 aromatic carbocycles. The van der Waals surface area contributed by atoms with Crippen LogP contribution in [-0.2, 0) is 6.42 Å². The van der Waals surface area contributed by atoms with Gasteiger partial charge in [0.05, 0.1) is 0 Å². The summed E-state index contributed by atoms with van der Waals surface area (Å²) in [6, 6.07) is 13.3. The third kappa shape index (κ3) is 3.82. The van der Waals surface area contributed by atoms with Crippen LogP contribution in [0.3, 0.4) is 0 Å². The van der Waals surface area contributed by atoms with E-state index in [4.69, 9.17) is 4.74 Å². The second-order valence-corrected chi connectivity index (χ2v) is 7.57. The van der Waals surface area contributed by atoms with Gasteiger partial charge in [-0.25, -0.2) is 0 Å². The molecule has 3 nitrogen and oxygen atoms in total. The van der Waals surface area contributed by atoms with Gasteiger partial charge in [0.1, 0.15) is 11.5 Å². The summed E-state index contributed by atoms with van der Waals surface area (Å²) in [6.07, 6.45) is 8.67. The average molecular weight is 351 g/mol. The van der Waals surface area contributed by atoms with Gasteiger partial charge in [-0.15, -0.1) is 0 Å². The summed E-state index contributed by atoms with van der Waals surface area (Å²) in [5, 5.41) is 3.53. The maximum Gasteiger partial charge on any atom is 0.133 e. The van der Waals surface area contributed by atoms with Crippen molar-refractivity contribution in [3.05, 3.63) is 47.5 Å². The van der Waals surface area contributed by atoms with E-state index in [1.165, 1.54) is 68.4 Å². The van der Waals surface area contributed by atoms with Gasteiger partial charge < -0.3 is 15.0 Å². The molecule has 4 rings (SSSR count). The van der Waals surface area contributed by atoms with E-state index in [0.717, 1.165) is 30.2 Å². The maximum absolute atomic E-state index is 6.31. The Hall–Kier alpha value is -2.16. The Morgan fingerprint density at radius 2 is 1.69 bits per heavy atom. The molecule has 2 heterocycles. The molecule has 0 saturated carbocycles. The first-order chi connectivity index (χ1) is 12.8. The Morgan fingerprint density at radius 3 is 2.50 bits per heavy atom. The lowest BCUT2D eigenvalue weighted by atomic mass is 9.99. The van der Waals surface area contributed by atoms with Crippen LogP contribution >= 0.6 is 0 Å². The van der Waals surface area contributed by atoms with Gasteiger partial charge in [0.25, 0.3) is 0 Å².